The van der Waals surface area contributed by atoms with Crippen molar-refractivity contribution in [1.82, 2.24) is 5.32 Å². The SMILES string of the molecule is CC(=O)c1ccc(C=CCNC(=O)OCc2ccccc2)s1. The number of thiophene rings is 1. The zero-order valence-corrected chi connectivity index (χ0v) is 13.1. The molecule has 0 radical (unpaired) electrons. The van der Waals surface area contributed by atoms with E-state index in [0.29, 0.717) is 6.54 Å². The third-order valence-corrected chi connectivity index (χ3v) is 3.98. The predicted molar refractivity (Wildman–Crippen MR) is 88.0 cm³/mol. The molecule has 0 saturated heterocycles. The first-order valence-corrected chi connectivity index (χ1v) is 7.68. The smallest absolute Gasteiger partial charge is 0.407 e. The molecule has 4 nitrogen and oxygen atoms in total. The molecule has 0 atom stereocenters. The summed E-state index contributed by atoms with van der Waals surface area (Å²) in [6.07, 6.45) is 3.23. The summed E-state index contributed by atoms with van der Waals surface area (Å²) in [5.41, 5.74) is 0.948. The number of alkyl carbamates (subject to hydrolysis) is 1. The van der Waals surface area contributed by atoms with Crippen molar-refractivity contribution in [2.75, 3.05) is 6.54 Å². The Labute approximate surface area is 133 Å². The minimum atomic E-state index is -0.455. The van der Waals surface area contributed by atoms with Crippen LogP contribution in [-0.4, -0.2) is 18.4 Å². The van der Waals surface area contributed by atoms with E-state index in [-0.39, 0.29) is 12.4 Å². The second kappa shape index (κ2) is 8.14. The van der Waals surface area contributed by atoms with Crippen LogP contribution in [0.4, 0.5) is 4.79 Å². The maximum absolute atomic E-state index is 11.5. The Hall–Kier alpha value is -2.40. The van der Waals surface area contributed by atoms with Gasteiger partial charge in [0.15, 0.2) is 5.78 Å². The van der Waals surface area contributed by atoms with Crippen molar-refractivity contribution in [3.63, 3.8) is 0 Å². The van der Waals surface area contributed by atoms with Gasteiger partial charge in [-0.25, -0.2) is 4.79 Å². The maximum Gasteiger partial charge on any atom is 0.407 e. The molecule has 1 aromatic carbocycles. The molecular formula is C17H17NO3S. The largest absolute Gasteiger partial charge is 0.445 e. The minimum absolute atomic E-state index is 0.0623. The summed E-state index contributed by atoms with van der Waals surface area (Å²) in [7, 11) is 0. The van der Waals surface area contributed by atoms with Crippen LogP contribution in [0, 0.1) is 0 Å². The molecule has 0 saturated carbocycles. The van der Waals surface area contributed by atoms with Gasteiger partial charge in [0.2, 0.25) is 0 Å². The maximum atomic E-state index is 11.5. The van der Waals surface area contributed by atoms with E-state index in [1.54, 1.807) is 13.0 Å². The van der Waals surface area contributed by atoms with Crippen molar-refractivity contribution in [2.24, 2.45) is 0 Å². The van der Waals surface area contributed by atoms with Gasteiger partial charge in [0.25, 0.3) is 0 Å². The van der Waals surface area contributed by atoms with Crippen molar-refractivity contribution in [2.45, 2.75) is 13.5 Å². The number of hydrogen-bond donors (Lipinski definition) is 1. The molecule has 114 valence electrons. The Morgan fingerprint density at radius 1 is 1.18 bits per heavy atom. The lowest BCUT2D eigenvalue weighted by Gasteiger charge is -2.05. The van der Waals surface area contributed by atoms with Crippen LogP contribution in [0.1, 0.15) is 27.0 Å². The van der Waals surface area contributed by atoms with Gasteiger partial charge < -0.3 is 10.1 Å². The summed E-state index contributed by atoms with van der Waals surface area (Å²) in [4.78, 5) is 24.4. The molecule has 0 bridgehead atoms. The van der Waals surface area contributed by atoms with E-state index >= 15 is 0 Å². The van der Waals surface area contributed by atoms with Crippen molar-refractivity contribution < 1.29 is 14.3 Å². The van der Waals surface area contributed by atoms with Crippen molar-refractivity contribution >= 4 is 29.3 Å². The quantitative estimate of drug-likeness (QED) is 0.823. The molecule has 1 N–H and O–H groups in total. The summed E-state index contributed by atoms with van der Waals surface area (Å²) >= 11 is 1.43. The van der Waals surface area contributed by atoms with Crippen LogP contribution in [0.5, 0.6) is 0 Å². The van der Waals surface area contributed by atoms with Crippen LogP contribution in [0.3, 0.4) is 0 Å². The summed E-state index contributed by atoms with van der Waals surface area (Å²) in [6.45, 7) is 2.17. The second-order valence-corrected chi connectivity index (χ2v) is 5.72. The summed E-state index contributed by atoms with van der Waals surface area (Å²) in [6, 6.07) is 13.2. The Morgan fingerprint density at radius 2 is 1.95 bits per heavy atom. The molecule has 0 fully saturated rings. The number of rotatable bonds is 6. The van der Waals surface area contributed by atoms with Crippen LogP contribution >= 0.6 is 11.3 Å². The first-order chi connectivity index (χ1) is 10.6. The lowest BCUT2D eigenvalue weighted by Crippen LogP contribution is -2.24. The Kier molecular flexibility index (Phi) is 5.91. The highest BCUT2D eigenvalue weighted by atomic mass is 32.1. The van der Waals surface area contributed by atoms with E-state index < -0.39 is 6.09 Å². The normalized spacial score (nSPS) is 10.6. The highest BCUT2D eigenvalue weighted by molar-refractivity contribution is 7.14. The summed E-state index contributed by atoms with van der Waals surface area (Å²) in [5, 5.41) is 2.64. The summed E-state index contributed by atoms with van der Waals surface area (Å²) < 4.78 is 5.09. The molecule has 0 aliphatic carbocycles. The number of amides is 1. The molecule has 1 amide bonds. The van der Waals surface area contributed by atoms with E-state index in [4.69, 9.17) is 4.74 Å². The topological polar surface area (TPSA) is 55.4 Å². The van der Waals surface area contributed by atoms with Gasteiger partial charge in [-0.2, -0.15) is 0 Å². The lowest BCUT2D eigenvalue weighted by atomic mass is 10.2. The molecule has 5 heteroatoms. The Balaban J connectivity index is 1.70. The van der Waals surface area contributed by atoms with E-state index in [2.05, 4.69) is 5.32 Å². The predicted octanol–water partition coefficient (Wildman–Crippen LogP) is 3.89. The molecule has 2 rings (SSSR count). The van der Waals surface area contributed by atoms with Gasteiger partial charge in [-0.1, -0.05) is 36.4 Å². The molecule has 2 aromatic rings. The first-order valence-electron chi connectivity index (χ1n) is 6.87. The Morgan fingerprint density at radius 3 is 2.64 bits per heavy atom. The zero-order valence-electron chi connectivity index (χ0n) is 12.2. The van der Waals surface area contributed by atoms with Crippen LogP contribution < -0.4 is 5.32 Å². The van der Waals surface area contributed by atoms with Crippen LogP contribution in [0.2, 0.25) is 0 Å². The average Bonchev–Trinajstić information content (AvgIpc) is 3.00. The van der Waals surface area contributed by atoms with Crippen molar-refractivity contribution in [3.05, 3.63) is 63.9 Å². The number of Topliss-reactive ketones (excluding diaryl/α,β-unsaturated/α-hetero) is 1. The van der Waals surface area contributed by atoms with Gasteiger partial charge >= 0.3 is 6.09 Å². The van der Waals surface area contributed by atoms with E-state index in [1.165, 1.54) is 11.3 Å². The third kappa shape index (κ3) is 5.18. The number of ether oxygens (including phenoxy) is 1. The van der Waals surface area contributed by atoms with Crippen LogP contribution in [-0.2, 0) is 11.3 Å². The fraction of sp³-hybridized carbons (Fsp3) is 0.176. The molecule has 22 heavy (non-hydrogen) atoms. The van der Waals surface area contributed by atoms with Gasteiger partial charge in [-0.15, -0.1) is 11.3 Å². The van der Waals surface area contributed by atoms with Crippen LogP contribution in [0.15, 0.2) is 48.5 Å². The monoisotopic (exact) mass is 315 g/mol. The fourth-order valence-electron chi connectivity index (χ4n) is 1.72. The molecule has 0 aliphatic heterocycles. The molecule has 0 spiro atoms. The van der Waals surface area contributed by atoms with Crippen molar-refractivity contribution in [1.29, 1.82) is 0 Å². The number of carbonyl (C=O) groups excluding carboxylic acids is 2. The van der Waals surface area contributed by atoms with Gasteiger partial charge in [-0.3, -0.25) is 4.79 Å². The fourth-order valence-corrected chi connectivity index (χ4v) is 2.56. The number of ketones is 1. The van der Waals surface area contributed by atoms with E-state index in [1.807, 2.05) is 48.6 Å². The van der Waals surface area contributed by atoms with Gasteiger partial charge in [0, 0.05) is 11.4 Å². The first kappa shape index (κ1) is 16.0. The third-order valence-electron chi connectivity index (χ3n) is 2.83. The Bertz CT molecular complexity index is 662. The number of carbonyl (C=O) groups is 2. The molecule has 1 aromatic heterocycles. The second-order valence-electron chi connectivity index (χ2n) is 4.60. The number of benzene rings is 1. The molecule has 1 heterocycles. The zero-order chi connectivity index (χ0) is 15.8. The van der Waals surface area contributed by atoms with E-state index in [0.717, 1.165) is 15.3 Å². The van der Waals surface area contributed by atoms with E-state index in [9.17, 15) is 9.59 Å². The van der Waals surface area contributed by atoms with Crippen molar-refractivity contribution in [3.8, 4) is 0 Å². The highest BCUT2D eigenvalue weighted by Crippen LogP contribution is 2.18. The molecule has 0 aliphatic rings. The minimum Gasteiger partial charge on any atom is -0.445 e. The molecular weight excluding hydrogens is 298 g/mol. The number of nitrogens with one attached hydrogen (secondary N) is 1. The standard InChI is InChI=1S/C17H17NO3S/c1-13(19)16-10-9-15(22-16)8-5-11-18-17(20)21-12-14-6-3-2-4-7-14/h2-10H,11-12H2,1H3,(H,18,20). The van der Waals surface area contributed by atoms with Gasteiger partial charge in [-0.05, 0) is 30.7 Å². The van der Waals surface area contributed by atoms with Crippen LogP contribution in [0.25, 0.3) is 6.08 Å². The summed E-state index contributed by atoms with van der Waals surface area (Å²) in [5.74, 6) is 0.0623. The number of hydrogen-bond acceptors (Lipinski definition) is 4. The highest BCUT2D eigenvalue weighted by Gasteiger charge is 2.02. The van der Waals surface area contributed by atoms with Gasteiger partial charge in [0.1, 0.15) is 6.61 Å². The van der Waals surface area contributed by atoms with Gasteiger partial charge in [0.05, 0.1) is 4.88 Å². The lowest BCUT2D eigenvalue weighted by molar-refractivity contribution is 0.102. The molecule has 0 unspecified atom stereocenters. The average molecular weight is 315 g/mol.